The third-order valence-corrected chi connectivity index (χ3v) is 6.29. The van der Waals surface area contributed by atoms with Gasteiger partial charge in [0.1, 0.15) is 11.4 Å². The van der Waals surface area contributed by atoms with E-state index in [1.807, 2.05) is 0 Å². The zero-order valence-electron chi connectivity index (χ0n) is 14.2. The highest BCUT2D eigenvalue weighted by Gasteiger charge is 2.31. The summed E-state index contributed by atoms with van der Waals surface area (Å²) in [5.41, 5.74) is 0.0535. The Labute approximate surface area is 177 Å². The molecule has 0 saturated heterocycles. The quantitative estimate of drug-likeness (QED) is 0.526. The van der Waals surface area contributed by atoms with E-state index < -0.39 is 28.6 Å². The van der Waals surface area contributed by atoms with Crippen LogP contribution >= 0.6 is 46.4 Å². The van der Waals surface area contributed by atoms with Crippen LogP contribution in [0.1, 0.15) is 13.8 Å². The molecular weight excluding hydrogens is 456 g/mol. The fourth-order valence-electron chi connectivity index (χ4n) is 2.19. The van der Waals surface area contributed by atoms with Gasteiger partial charge in [-0.05, 0) is 50.2 Å². The molecule has 0 N–H and O–H groups in total. The van der Waals surface area contributed by atoms with Crippen molar-refractivity contribution in [1.29, 1.82) is 0 Å². The average molecular weight is 471 g/mol. The summed E-state index contributed by atoms with van der Waals surface area (Å²) in [4.78, 5) is 11.9. The van der Waals surface area contributed by atoms with Crippen LogP contribution in [0, 0.1) is 0 Å². The largest absolute Gasteiger partial charge is 0.462 e. The first-order chi connectivity index (χ1) is 12.5. The van der Waals surface area contributed by atoms with E-state index in [0.717, 1.165) is 4.31 Å². The van der Waals surface area contributed by atoms with E-state index in [9.17, 15) is 13.2 Å². The van der Waals surface area contributed by atoms with Crippen molar-refractivity contribution >= 4 is 68.1 Å². The van der Waals surface area contributed by atoms with Crippen molar-refractivity contribution in [2.75, 3.05) is 10.8 Å². The van der Waals surface area contributed by atoms with Crippen LogP contribution in [0.25, 0.3) is 0 Å². The Hall–Kier alpha value is -1.18. The topological polar surface area (TPSA) is 63.7 Å². The molecule has 0 atom stereocenters. The summed E-state index contributed by atoms with van der Waals surface area (Å²) < 4.78 is 32.4. The molecule has 146 valence electrons. The van der Waals surface area contributed by atoms with Crippen LogP contribution in [0.4, 0.5) is 5.69 Å². The van der Waals surface area contributed by atoms with E-state index in [0.29, 0.717) is 5.02 Å². The summed E-state index contributed by atoms with van der Waals surface area (Å²) in [6.45, 7) is 2.70. The van der Waals surface area contributed by atoms with Crippen molar-refractivity contribution in [3.8, 4) is 0 Å². The summed E-state index contributed by atoms with van der Waals surface area (Å²) in [6, 6.07) is 8.22. The molecule has 10 heteroatoms. The average Bonchev–Trinajstić information content (AvgIpc) is 2.54. The maximum Gasteiger partial charge on any atom is 0.327 e. The molecule has 2 rings (SSSR count). The van der Waals surface area contributed by atoms with Gasteiger partial charge >= 0.3 is 5.97 Å². The second kappa shape index (κ2) is 8.88. The normalized spacial score (nSPS) is 11.5. The maximum atomic E-state index is 13.2. The first kappa shape index (κ1) is 22.1. The van der Waals surface area contributed by atoms with Gasteiger partial charge in [-0.1, -0.05) is 46.4 Å². The summed E-state index contributed by atoms with van der Waals surface area (Å²) in [5.74, 6) is -0.752. The summed E-state index contributed by atoms with van der Waals surface area (Å²) >= 11 is 24.1. The number of sulfonamides is 1. The number of carbonyl (C=O) groups excluding carboxylic acids is 1. The first-order valence-electron chi connectivity index (χ1n) is 7.64. The number of anilines is 1. The summed E-state index contributed by atoms with van der Waals surface area (Å²) in [5, 5.41) is 0.477. The molecule has 2 aromatic rings. The zero-order chi connectivity index (χ0) is 20.4. The number of nitrogens with zero attached hydrogens (tertiary/aromatic N) is 1. The van der Waals surface area contributed by atoms with Gasteiger partial charge in [-0.25, -0.2) is 8.42 Å². The minimum atomic E-state index is -4.28. The van der Waals surface area contributed by atoms with Crippen LogP contribution in [0.2, 0.25) is 20.1 Å². The van der Waals surface area contributed by atoms with Crippen LogP contribution in [0.5, 0.6) is 0 Å². The molecule has 0 amide bonds. The lowest BCUT2D eigenvalue weighted by Crippen LogP contribution is -2.37. The Bertz CT molecular complexity index is 963. The van der Waals surface area contributed by atoms with E-state index in [1.165, 1.54) is 36.4 Å². The first-order valence-corrected chi connectivity index (χ1v) is 10.6. The molecule has 0 aliphatic heterocycles. The fraction of sp³-hybridized carbons (Fsp3) is 0.235. The number of carbonyl (C=O) groups is 1. The van der Waals surface area contributed by atoms with Crippen molar-refractivity contribution in [2.24, 2.45) is 0 Å². The molecule has 0 spiro atoms. The van der Waals surface area contributed by atoms with E-state index in [-0.39, 0.29) is 25.7 Å². The standard InChI is InChI=1S/C17H15Cl4NO4S/c1-10(2)26-17(23)9-22(15-6-4-11(18)7-14(15)21)27(24,25)16-8-12(19)3-5-13(16)20/h3-8,10H,9H2,1-2H3. The molecule has 27 heavy (non-hydrogen) atoms. The van der Waals surface area contributed by atoms with Crippen molar-refractivity contribution in [3.05, 3.63) is 56.5 Å². The van der Waals surface area contributed by atoms with Crippen LogP contribution < -0.4 is 4.31 Å². The van der Waals surface area contributed by atoms with Gasteiger partial charge in [-0.3, -0.25) is 9.10 Å². The monoisotopic (exact) mass is 469 g/mol. The SMILES string of the molecule is CC(C)OC(=O)CN(c1ccc(Cl)cc1Cl)S(=O)(=O)c1cc(Cl)ccc1Cl. The van der Waals surface area contributed by atoms with Crippen LogP contribution in [-0.2, 0) is 19.6 Å². The smallest absolute Gasteiger partial charge is 0.327 e. The van der Waals surface area contributed by atoms with Gasteiger partial charge in [0.15, 0.2) is 0 Å². The van der Waals surface area contributed by atoms with Crippen molar-refractivity contribution < 1.29 is 17.9 Å². The third kappa shape index (κ3) is 5.42. The third-order valence-electron chi connectivity index (χ3n) is 3.28. The number of hydrogen-bond donors (Lipinski definition) is 0. The molecule has 0 bridgehead atoms. The molecule has 0 fully saturated rings. The second-order valence-corrected chi connectivity index (χ2v) is 9.24. The van der Waals surface area contributed by atoms with E-state index in [1.54, 1.807) is 13.8 Å². The van der Waals surface area contributed by atoms with Gasteiger partial charge in [0, 0.05) is 10.0 Å². The molecule has 0 saturated carbocycles. The van der Waals surface area contributed by atoms with Gasteiger partial charge in [-0.2, -0.15) is 0 Å². The van der Waals surface area contributed by atoms with Gasteiger partial charge in [0.05, 0.1) is 21.8 Å². The Morgan fingerprint density at radius 2 is 1.59 bits per heavy atom. The minimum Gasteiger partial charge on any atom is -0.462 e. The Morgan fingerprint density at radius 3 is 2.19 bits per heavy atom. The fourth-order valence-corrected chi connectivity index (χ4v) is 4.92. The number of rotatable bonds is 6. The summed E-state index contributed by atoms with van der Waals surface area (Å²) in [6.07, 6.45) is -0.419. The van der Waals surface area contributed by atoms with Crippen LogP contribution in [0.3, 0.4) is 0 Å². The van der Waals surface area contributed by atoms with Gasteiger partial charge < -0.3 is 4.74 Å². The molecular formula is C17H15Cl4NO4S. The lowest BCUT2D eigenvalue weighted by Gasteiger charge is -2.25. The van der Waals surface area contributed by atoms with E-state index in [4.69, 9.17) is 51.1 Å². The Kier molecular flexibility index (Phi) is 7.27. The Balaban J connectivity index is 2.60. The highest BCUT2D eigenvalue weighted by Crippen LogP contribution is 2.35. The minimum absolute atomic E-state index is 0.0431. The molecule has 2 aromatic carbocycles. The van der Waals surface area contributed by atoms with Gasteiger partial charge in [0.2, 0.25) is 0 Å². The molecule has 0 unspecified atom stereocenters. The number of esters is 1. The number of ether oxygens (including phenoxy) is 1. The molecule has 5 nitrogen and oxygen atoms in total. The molecule has 0 aliphatic rings. The van der Waals surface area contributed by atoms with Gasteiger partial charge in [-0.15, -0.1) is 0 Å². The van der Waals surface area contributed by atoms with E-state index in [2.05, 4.69) is 0 Å². The molecule has 0 aliphatic carbocycles. The second-order valence-electron chi connectivity index (χ2n) is 5.72. The van der Waals surface area contributed by atoms with E-state index >= 15 is 0 Å². The van der Waals surface area contributed by atoms with Gasteiger partial charge in [0.25, 0.3) is 10.0 Å². The molecule has 0 radical (unpaired) electrons. The van der Waals surface area contributed by atoms with Crippen LogP contribution in [0.15, 0.2) is 41.3 Å². The molecule has 0 aromatic heterocycles. The number of hydrogen-bond acceptors (Lipinski definition) is 4. The predicted octanol–water partition coefficient (Wildman–Crippen LogP) is 5.45. The lowest BCUT2D eigenvalue weighted by atomic mass is 10.3. The Morgan fingerprint density at radius 1 is 1.00 bits per heavy atom. The van der Waals surface area contributed by atoms with Crippen molar-refractivity contribution in [3.63, 3.8) is 0 Å². The zero-order valence-corrected chi connectivity index (χ0v) is 18.1. The van der Waals surface area contributed by atoms with Crippen molar-refractivity contribution in [1.82, 2.24) is 0 Å². The van der Waals surface area contributed by atoms with Crippen molar-refractivity contribution in [2.45, 2.75) is 24.8 Å². The highest BCUT2D eigenvalue weighted by atomic mass is 35.5. The lowest BCUT2D eigenvalue weighted by molar-refractivity contribution is -0.145. The highest BCUT2D eigenvalue weighted by molar-refractivity contribution is 7.93. The van der Waals surface area contributed by atoms with Crippen LogP contribution in [-0.4, -0.2) is 27.0 Å². The molecule has 0 heterocycles. The number of halogens is 4. The summed E-state index contributed by atoms with van der Waals surface area (Å²) in [7, 11) is -4.28. The maximum absolute atomic E-state index is 13.2. The predicted molar refractivity (Wildman–Crippen MR) is 109 cm³/mol. The number of benzene rings is 2.